The van der Waals surface area contributed by atoms with Gasteiger partial charge in [0.2, 0.25) is 0 Å². The molecule has 4 nitrogen and oxygen atoms in total. The van der Waals surface area contributed by atoms with Crippen molar-refractivity contribution in [3.05, 3.63) is 64.5 Å². The largest absolute Gasteiger partial charge is 0.392 e. The Balaban J connectivity index is 2.07. The summed E-state index contributed by atoms with van der Waals surface area (Å²) in [6.07, 6.45) is 2.07. The first-order valence-corrected chi connectivity index (χ1v) is 9.83. The zero-order chi connectivity index (χ0) is 18.9. The molecule has 0 unspecified atom stereocenters. The van der Waals surface area contributed by atoms with Crippen LogP contribution in [-0.4, -0.2) is 23.9 Å². The number of nitrogens with one attached hydrogen (secondary N) is 2. The van der Waals surface area contributed by atoms with Gasteiger partial charge in [-0.15, -0.1) is 11.8 Å². The van der Waals surface area contributed by atoms with Crippen molar-refractivity contribution in [3.63, 3.8) is 0 Å². The quantitative estimate of drug-likeness (QED) is 0.393. The second-order valence-electron chi connectivity index (χ2n) is 5.95. The first-order chi connectivity index (χ1) is 12.6. The number of hydrogen-bond donors (Lipinski definition) is 3. The molecule has 2 aromatic carbocycles. The fourth-order valence-corrected chi connectivity index (χ4v) is 3.24. The van der Waals surface area contributed by atoms with Gasteiger partial charge in [0.05, 0.1) is 13.2 Å². The predicted octanol–water partition coefficient (Wildman–Crippen LogP) is 3.60. The van der Waals surface area contributed by atoms with Crippen molar-refractivity contribution in [1.29, 1.82) is 0 Å². The van der Waals surface area contributed by atoms with Crippen molar-refractivity contribution >= 4 is 17.7 Å². The van der Waals surface area contributed by atoms with E-state index in [4.69, 9.17) is 0 Å². The van der Waals surface area contributed by atoms with Crippen LogP contribution in [0.5, 0.6) is 0 Å². The normalized spacial score (nSPS) is 11.5. The Bertz CT molecular complexity index is 765. The van der Waals surface area contributed by atoms with Gasteiger partial charge in [-0.2, -0.15) is 0 Å². The Morgan fingerprint density at radius 1 is 1.15 bits per heavy atom. The van der Waals surface area contributed by atoms with E-state index in [1.54, 1.807) is 23.9 Å². The molecule has 0 aliphatic carbocycles. The summed E-state index contributed by atoms with van der Waals surface area (Å²) in [6.45, 7) is 5.62. The minimum Gasteiger partial charge on any atom is -0.392 e. The number of aliphatic imine (C=N–C) groups is 1. The van der Waals surface area contributed by atoms with E-state index in [2.05, 4.69) is 47.0 Å². The number of aliphatic hydroxyl groups excluding tert-OH is 1. The maximum Gasteiger partial charge on any atom is 0.191 e. The number of hydrogen-bond acceptors (Lipinski definition) is 3. The number of halogens is 1. The number of guanidine groups is 1. The number of rotatable bonds is 7. The van der Waals surface area contributed by atoms with Crippen LogP contribution in [0.2, 0.25) is 0 Å². The van der Waals surface area contributed by atoms with Gasteiger partial charge in [-0.25, -0.2) is 9.38 Å². The standard InChI is InChI=1S/C20H26FN3OS/c1-4-22-20(23-11-15-6-8-18(21)17(10-15)13-25)24-12-16-7-5-14(2)9-19(16)26-3/h5-10,25H,4,11-13H2,1-3H3,(H2,22,23,24). The second kappa shape index (κ2) is 10.2. The topological polar surface area (TPSA) is 56.7 Å². The molecular formula is C20H26FN3OS. The smallest absolute Gasteiger partial charge is 0.191 e. The van der Waals surface area contributed by atoms with E-state index in [1.807, 2.05) is 6.92 Å². The molecule has 0 aromatic heterocycles. The first kappa shape index (κ1) is 20.3. The summed E-state index contributed by atoms with van der Waals surface area (Å²) in [4.78, 5) is 5.81. The van der Waals surface area contributed by atoms with Crippen molar-refractivity contribution in [2.75, 3.05) is 12.8 Å². The molecule has 0 saturated carbocycles. The van der Waals surface area contributed by atoms with E-state index >= 15 is 0 Å². The number of aryl methyl sites for hydroxylation is 1. The third-order valence-electron chi connectivity index (χ3n) is 3.93. The lowest BCUT2D eigenvalue weighted by Gasteiger charge is -2.14. The molecule has 26 heavy (non-hydrogen) atoms. The van der Waals surface area contributed by atoms with E-state index in [0.29, 0.717) is 24.6 Å². The number of benzene rings is 2. The van der Waals surface area contributed by atoms with Crippen LogP contribution in [0.3, 0.4) is 0 Å². The van der Waals surface area contributed by atoms with Gasteiger partial charge < -0.3 is 15.7 Å². The predicted molar refractivity (Wildman–Crippen MR) is 107 cm³/mol. The minimum atomic E-state index is -0.394. The zero-order valence-electron chi connectivity index (χ0n) is 15.5. The number of aliphatic hydroxyl groups is 1. The fraction of sp³-hybridized carbons (Fsp3) is 0.350. The van der Waals surface area contributed by atoms with Gasteiger partial charge in [0.15, 0.2) is 5.96 Å². The van der Waals surface area contributed by atoms with Gasteiger partial charge in [-0.1, -0.05) is 18.2 Å². The van der Waals surface area contributed by atoms with Crippen LogP contribution < -0.4 is 10.6 Å². The molecule has 2 rings (SSSR count). The summed E-state index contributed by atoms with van der Waals surface area (Å²) < 4.78 is 13.5. The minimum absolute atomic E-state index is 0.292. The molecule has 0 bridgehead atoms. The SMILES string of the molecule is CCNC(=NCc1ccc(F)c(CO)c1)NCc1ccc(C)cc1SC. The van der Waals surface area contributed by atoms with E-state index in [0.717, 1.165) is 12.1 Å². The molecule has 0 amide bonds. The highest BCUT2D eigenvalue weighted by molar-refractivity contribution is 7.98. The maximum absolute atomic E-state index is 13.5. The highest BCUT2D eigenvalue weighted by Gasteiger charge is 2.05. The summed E-state index contributed by atoms with van der Waals surface area (Å²) in [5.74, 6) is 0.309. The van der Waals surface area contributed by atoms with E-state index < -0.39 is 5.82 Å². The summed E-state index contributed by atoms with van der Waals surface area (Å²) in [6, 6.07) is 11.1. The van der Waals surface area contributed by atoms with Crippen LogP contribution >= 0.6 is 11.8 Å². The Morgan fingerprint density at radius 2 is 1.96 bits per heavy atom. The average Bonchev–Trinajstić information content (AvgIpc) is 2.65. The molecule has 0 heterocycles. The van der Waals surface area contributed by atoms with Crippen molar-refractivity contribution in [2.24, 2.45) is 4.99 Å². The van der Waals surface area contributed by atoms with E-state index in [1.165, 1.54) is 22.1 Å². The second-order valence-corrected chi connectivity index (χ2v) is 6.80. The van der Waals surface area contributed by atoms with Gasteiger partial charge >= 0.3 is 0 Å². The molecule has 0 atom stereocenters. The maximum atomic E-state index is 13.5. The molecule has 0 spiro atoms. The monoisotopic (exact) mass is 375 g/mol. The molecule has 0 fully saturated rings. The highest BCUT2D eigenvalue weighted by atomic mass is 32.2. The lowest BCUT2D eigenvalue weighted by atomic mass is 10.1. The number of thioether (sulfide) groups is 1. The molecule has 6 heteroatoms. The molecule has 2 aromatic rings. The fourth-order valence-electron chi connectivity index (χ4n) is 2.54. The summed E-state index contributed by atoms with van der Waals surface area (Å²) >= 11 is 1.73. The van der Waals surface area contributed by atoms with Crippen LogP contribution in [-0.2, 0) is 19.7 Å². The average molecular weight is 376 g/mol. The molecule has 140 valence electrons. The lowest BCUT2D eigenvalue weighted by molar-refractivity contribution is 0.275. The Labute approximate surface area is 158 Å². The highest BCUT2D eigenvalue weighted by Crippen LogP contribution is 2.21. The van der Waals surface area contributed by atoms with E-state index in [-0.39, 0.29) is 6.61 Å². The summed E-state index contributed by atoms with van der Waals surface area (Å²) in [5.41, 5.74) is 3.61. The van der Waals surface area contributed by atoms with Gasteiger partial charge in [-0.3, -0.25) is 0 Å². The molecule has 3 N–H and O–H groups in total. The summed E-state index contributed by atoms with van der Waals surface area (Å²) in [5, 5.41) is 15.7. The summed E-state index contributed by atoms with van der Waals surface area (Å²) in [7, 11) is 0. The van der Waals surface area contributed by atoms with Crippen LogP contribution in [0.4, 0.5) is 4.39 Å². The molecule has 0 aliphatic rings. The Hall–Kier alpha value is -2.05. The molecule has 0 aliphatic heterocycles. The van der Waals surface area contributed by atoms with Crippen molar-refractivity contribution in [1.82, 2.24) is 10.6 Å². The molecule has 0 saturated heterocycles. The van der Waals surface area contributed by atoms with Gasteiger partial charge in [-0.05, 0) is 55.0 Å². The molecule has 0 radical (unpaired) electrons. The van der Waals surface area contributed by atoms with Crippen LogP contribution in [0, 0.1) is 12.7 Å². The van der Waals surface area contributed by atoms with Crippen molar-refractivity contribution in [2.45, 2.75) is 38.4 Å². The molecular weight excluding hydrogens is 349 g/mol. The Morgan fingerprint density at radius 3 is 2.65 bits per heavy atom. The third-order valence-corrected chi connectivity index (χ3v) is 4.75. The zero-order valence-corrected chi connectivity index (χ0v) is 16.3. The number of nitrogens with zero attached hydrogens (tertiary/aromatic N) is 1. The van der Waals surface area contributed by atoms with Crippen molar-refractivity contribution < 1.29 is 9.50 Å². The van der Waals surface area contributed by atoms with Crippen LogP contribution in [0.25, 0.3) is 0 Å². The first-order valence-electron chi connectivity index (χ1n) is 8.61. The van der Waals surface area contributed by atoms with Gasteiger partial charge in [0, 0.05) is 23.5 Å². The third kappa shape index (κ3) is 5.75. The van der Waals surface area contributed by atoms with Gasteiger partial charge in [0.25, 0.3) is 0 Å². The van der Waals surface area contributed by atoms with Crippen molar-refractivity contribution in [3.8, 4) is 0 Å². The lowest BCUT2D eigenvalue weighted by Crippen LogP contribution is -2.36. The Kier molecular flexibility index (Phi) is 7.94. The van der Waals surface area contributed by atoms with Gasteiger partial charge in [0.1, 0.15) is 5.82 Å². The van der Waals surface area contributed by atoms with Crippen LogP contribution in [0.15, 0.2) is 46.3 Å². The van der Waals surface area contributed by atoms with E-state index in [9.17, 15) is 9.50 Å². The van der Waals surface area contributed by atoms with Crippen LogP contribution in [0.1, 0.15) is 29.2 Å².